The molecule has 1 amide bonds. The molecule has 0 bridgehead atoms. The van der Waals surface area contributed by atoms with E-state index in [2.05, 4.69) is 27.4 Å². The monoisotopic (exact) mass is 411 g/mol. The molecule has 1 aliphatic heterocycles. The number of amides is 1. The van der Waals surface area contributed by atoms with Gasteiger partial charge in [-0.1, -0.05) is 12.1 Å². The van der Waals surface area contributed by atoms with Crippen LogP contribution in [-0.4, -0.2) is 56.0 Å². The summed E-state index contributed by atoms with van der Waals surface area (Å²) in [7, 11) is 0. The fourth-order valence-electron chi connectivity index (χ4n) is 3.50. The summed E-state index contributed by atoms with van der Waals surface area (Å²) in [4.78, 5) is 20.5. The maximum absolute atomic E-state index is 13.1. The average molecular weight is 412 g/mol. The zero-order valence-corrected chi connectivity index (χ0v) is 17.7. The molecule has 2 N–H and O–H groups in total. The lowest BCUT2D eigenvalue weighted by atomic mass is 10.1. The van der Waals surface area contributed by atoms with Crippen molar-refractivity contribution in [3.63, 3.8) is 0 Å². The van der Waals surface area contributed by atoms with Crippen molar-refractivity contribution in [3.8, 4) is 0 Å². The van der Waals surface area contributed by atoms with Crippen LogP contribution in [0.4, 0.5) is 15.8 Å². The summed E-state index contributed by atoms with van der Waals surface area (Å²) < 4.78 is 13.1. The fourth-order valence-corrected chi connectivity index (χ4v) is 3.50. The third-order valence-electron chi connectivity index (χ3n) is 5.04. The molecule has 1 heterocycles. The quantitative estimate of drug-likeness (QED) is 0.567. The molecule has 3 rings (SSSR count). The lowest BCUT2D eigenvalue weighted by Crippen LogP contribution is -2.52. The van der Waals surface area contributed by atoms with E-state index in [-0.39, 0.29) is 11.7 Å². The van der Waals surface area contributed by atoms with Gasteiger partial charge in [0.2, 0.25) is 5.91 Å². The molecular formula is C23H30FN5O. The van der Waals surface area contributed by atoms with E-state index in [1.165, 1.54) is 24.6 Å². The van der Waals surface area contributed by atoms with Crippen LogP contribution in [0, 0.1) is 5.82 Å². The van der Waals surface area contributed by atoms with Crippen molar-refractivity contribution in [1.82, 2.24) is 10.2 Å². The number of halogens is 1. The largest absolute Gasteiger partial charge is 0.368 e. The number of hydrogen-bond donors (Lipinski definition) is 2. The molecule has 0 saturated carbocycles. The summed E-state index contributed by atoms with van der Waals surface area (Å²) >= 11 is 0. The summed E-state index contributed by atoms with van der Waals surface area (Å²) in [5.41, 5.74) is 3.05. The Hall–Kier alpha value is -3.09. The number of carbonyl (C=O) groups excluding carboxylic acids is 1. The van der Waals surface area contributed by atoms with Gasteiger partial charge in [0.1, 0.15) is 5.82 Å². The summed E-state index contributed by atoms with van der Waals surface area (Å²) in [6.45, 7) is 8.59. The number of anilines is 2. The van der Waals surface area contributed by atoms with Gasteiger partial charge in [-0.15, -0.1) is 0 Å². The highest BCUT2D eigenvalue weighted by molar-refractivity contribution is 5.88. The van der Waals surface area contributed by atoms with Gasteiger partial charge < -0.3 is 20.4 Å². The minimum absolute atomic E-state index is 0.0674. The second kappa shape index (κ2) is 10.6. The van der Waals surface area contributed by atoms with Crippen LogP contribution in [-0.2, 0) is 11.2 Å². The van der Waals surface area contributed by atoms with Gasteiger partial charge in [-0.2, -0.15) is 0 Å². The van der Waals surface area contributed by atoms with Crippen LogP contribution in [0.1, 0.15) is 19.4 Å². The van der Waals surface area contributed by atoms with Crippen molar-refractivity contribution in [2.75, 3.05) is 49.5 Å². The molecule has 0 radical (unpaired) electrons. The minimum atomic E-state index is -0.205. The number of benzene rings is 2. The summed E-state index contributed by atoms with van der Waals surface area (Å²) in [5.74, 6) is 0.664. The third kappa shape index (κ3) is 6.20. The maximum Gasteiger partial charge on any atom is 0.221 e. The predicted octanol–water partition coefficient (Wildman–Crippen LogP) is 3.11. The summed E-state index contributed by atoms with van der Waals surface area (Å²) in [6, 6.07) is 14.6. The number of guanidine groups is 1. The van der Waals surface area contributed by atoms with E-state index in [1.54, 1.807) is 0 Å². The third-order valence-corrected chi connectivity index (χ3v) is 5.04. The van der Waals surface area contributed by atoms with Crippen LogP contribution < -0.4 is 15.5 Å². The number of aliphatic imine (C=N–C) groups is 1. The van der Waals surface area contributed by atoms with Gasteiger partial charge >= 0.3 is 0 Å². The Bertz CT molecular complexity index is 843. The first-order valence-electron chi connectivity index (χ1n) is 10.5. The van der Waals surface area contributed by atoms with E-state index >= 15 is 0 Å². The van der Waals surface area contributed by atoms with Gasteiger partial charge in [-0.3, -0.25) is 9.79 Å². The van der Waals surface area contributed by atoms with Crippen LogP contribution in [0.25, 0.3) is 0 Å². The number of carbonyl (C=O) groups is 1. The molecule has 0 unspecified atom stereocenters. The van der Waals surface area contributed by atoms with E-state index < -0.39 is 0 Å². The molecular weight excluding hydrogens is 381 g/mol. The van der Waals surface area contributed by atoms with Crippen molar-refractivity contribution in [1.29, 1.82) is 0 Å². The Morgan fingerprint density at radius 1 is 1.03 bits per heavy atom. The van der Waals surface area contributed by atoms with E-state index in [0.717, 1.165) is 56.5 Å². The molecule has 1 saturated heterocycles. The lowest BCUT2D eigenvalue weighted by Gasteiger charge is -2.37. The number of hydrogen-bond acceptors (Lipinski definition) is 3. The second-order valence-electron chi connectivity index (χ2n) is 7.31. The normalized spacial score (nSPS) is 14.6. The van der Waals surface area contributed by atoms with Gasteiger partial charge in [0.15, 0.2) is 5.96 Å². The first kappa shape index (κ1) is 21.6. The van der Waals surface area contributed by atoms with Crippen LogP contribution in [0.3, 0.4) is 0 Å². The molecule has 1 aliphatic rings. The van der Waals surface area contributed by atoms with E-state index in [0.29, 0.717) is 6.54 Å². The van der Waals surface area contributed by atoms with E-state index in [1.807, 2.05) is 36.4 Å². The van der Waals surface area contributed by atoms with Crippen molar-refractivity contribution in [2.45, 2.75) is 20.3 Å². The molecule has 0 spiro atoms. The Morgan fingerprint density at radius 2 is 1.70 bits per heavy atom. The standard InChI is InChI=1S/C23H30FN5O/c1-3-25-23(26-13-12-19-4-8-21(9-5-19)27-18(2)30)29-16-14-28(15-17-29)22-10-6-20(24)7-11-22/h4-11H,3,12-17H2,1-2H3,(H,25,26)(H,27,30). The number of nitrogens with zero attached hydrogens (tertiary/aromatic N) is 3. The lowest BCUT2D eigenvalue weighted by molar-refractivity contribution is -0.114. The van der Waals surface area contributed by atoms with E-state index in [9.17, 15) is 9.18 Å². The molecule has 0 aliphatic carbocycles. The highest BCUT2D eigenvalue weighted by atomic mass is 19.1. The first-order valence-corrected chi connectivity index (χ1v) is 10.5. The predicted molar refractivity (Wildman–Crippen MR) is 121 cm³/mol. The van der Waals surface area contributed by atoms with Gasteiger partial charge in [-0.05, 0) is 55.3 Å². The van der Waals surface area contributed by atoms with Gasteiger partial charge in [0.05, 0.1) is 0 Å². The van der Waals surface area contributed by atoms with Crippen molar-refractivity contribution < 1.29 is 9.18 Å². The number of rotatable bonds is 6. The molecule has 160 valence electrons. The van der Waals surface area contributed by atoms with Gasteiger partial charge in [0.25, 0.3) is 0 Å². The Balaban J connectivity index is 1.53. The Labute approximate surface area is 177 Å². The van der Waals surface area contributed by atoms with Crippen LogP contribution >= 0.6 is 0 Å². The van der Waals surface area contributed by atoms with Crippen molar-refractivity contribution in [2.24, 2.45) is 4.99 Å². The highest BCUT2D eigenvalue weighted by Gasteiger charge is 2.19. The molecule has 30 heavy (non-hydrogen) atoms. The van der Waals surface area contributed by atoms with E-state index in [4.69, 9.17) is 4.99 Å². The van der Waals surface area contributed by atoms with Crippen LogP contribution in [0.5, 0.6) is 0 Å². The zero-order valence-electron chi connectivity index (χ0n) is 17.7. The average Bonchev–Trinajstić information content (AvgIpc) is 2.75. The SMILES string of the molecule is CCNC(=NCCc1ccc(NC(C)=O)cc1)N1CCN(c2ccc(F)cc2)CC1. The topological polar surface area (TPSA) is 60.0 Å². The summed E-state index contributed by atoms with van der Waals surface area (Å²) in [5, 5.41) is 6.17. The number of nitrogens with one attached hydrogen (secondary N) is 2. The number of piperazine rings is 1. The molecule has 7 heteroatoms. The smallest absolute Gasteiger partial charge is 0.221 e. The maximum atomic E-state index is 13.1. The fraction of sp³-hybridized carbons (Fsp3) is 0.391. The van der Waals surface area contributed by atoms with Gasteiger partial charge in [-0.25, -0.2) is 4.39 Å². The molecule has 0 atom stereocenters. The molecule has 2 aromatic rings. The zero-order chi connectivity index (χ0) is 21.3. The molecule has 6 nitrogen and oxygen atoms in total. The Morgan fingerprint density at radius 3 is 2.30 bits per heavy atom. The van der Waals surface area contributed by atoms with Crippen molar-refractivity contribution >= 4 is 23.2 Å². The Kier molecular flexibility index (Phi) is 7.65. The van der Waals surface area contributed by atoms with Gasteiger partial charge in [0, 0.05) is 57.6 Å². The second-order valence-corrected chi connectivity index (χ2v) is 7.31. The summed E-state index contributed by atoms with van der Waals surface area (Å²) in [6.07, 6.45) is 0.838. The molecule has 0 aromatic heterocycles. The van der Waals surface area contributed by atoms with Crippen LogP contribution in [0.2, 0.25) is 0 Å². The molecule has 2 aromatic carbocycles. The minimum Gasteiger partial charge on any atom is -0.368 e. The van der Waals surface area contributed by atoms with Crippen molar-refractivity contribution in [3.05, 3.63) is 59.9 Å². The molecule has 1 fully saturated rings. The first-order chi connectivity index (χ1) is 14.5. The highest BCUT2D eigenvalue weighted by Crippen LogP contribution is 2.17. The van der Waals surface area contributed by atoms with Crippen LogP contribution in [0.15, 0.2) is 53.5 Å².